The van der Waals surface area contributed by atoms with Crippen LogP contribution in [0.1, 0.15) is 36.1 Å². The van der Waals surface area contributed by atoms with Gasteiger partial charge in [-0.15, -0.1) is 0 Å². The average molecular weight is 279 g/mol. The molecule has 0 spiro atoms. The Bertz CT molecular complexity index is 434. The van der Waals surface area contributed by atoms with Gasteiger partial charge in [0.25, 0.3) is 5.91 Å². The second-order valence-corrected chi connectivity index (χ2v) is 5.03. The molecule has 0 radical (unpaired) electrons. The lowest BCUT2D eigenvalue weighted by Gasteiger charge is -2.11. The van der Waals surface area contributed by atoms with Crippen molar-refractivity contribution in [2.45, 2.75) is 26.7 Å². The number of unbranched alkanes of at least 4 members (excludes halogenated alkanes) is 1. The van der Waals surface area contributed by atoms with Crippen LogP contribution in [0.5, 0.6) is 0 Å². The number of anilines is 1. The minimum absolute atomic E-state index is 0.157. The normalized spacial score (nSPS) is 10.7. The van der Waals surface area contributed by atoms with Crippen molar-refractivity contribution in [2.24, 2.45) is 0 Å². The smallest absolute Gasteiger partial charge is 0.270 e. The Morgan fingerprint density at radius 1 is 1.30 bits per heavy atom. The van der Waals surface area contributed by atoms with Crippen molar-refractivity contribution in [3.63, 3.8) is 0 Å². The van der Waals surface area contributed by atoms with Crippen molar-refractivity contribution in [1.29, 1.82) is 0 Å². The molecule has 1 aromatic rings. The zero-order valence-electron chi connectivity index (χ0n) is 12.9. The lowest BCUT2D eigenvalue weighted by molar-refractivity contribution is 0.0945. The van der Waals surface area contributed by atoms with E-state index in [2.05, 4.69) is 27.5 Å². The molecule has 6 heteroatoms. The molecule has 0 aromatic carbocycles. The highest BCUT2D eigenvalue weighted by Crippen LogP contribution is 2.07. The standard InChI is InChI=1S/C14H25N5O/c1-5-6-7-15-13-10-12(17-11(2)18-13)14(20)16-8-9-19(3)4/h10H,5-9H2,1-4H3,(H,16,20)(H,15,17,18). The van der Waals surface area contributed by atoms with Gasteiger partial charge >= 0.3 is 0 Å². The fourth-order valence-electron chi connectivity index (χ4n) is 1.65. The number of nitrogens with zero attached hydrogens (tertiary/aromatic N) is 3. The van der Waals surface area contributed by atoms with Crippen LogP contribution in [0.25, 0.3) is 0 Å². The van der Waals surface area contributed by atoms with Gasteiger partial charge in [-0.05, 0) is 27.4 Å². The molecule has 6 nitrogen and oxygen atoms in total. The molecule has 0 saturated carbocycles. The van der Waals surface area contributed by atoms with Crippen molar-refractivity contribution in [2.75, 3.05) is 39.0 Å². The minimum atomic E-state index is -0.157. The van der Waals surface area contributed by atoms with Crippen molar-refractivity contribution in [1.82, 2.24) is 20.2 Å². The van der Waals surface area contributed by atoms with Gasteiger partial charge in [-0.25, -0.2) is 9.97 Å². The molecule has 0 aliphatic heterocycles. The van der Waals surface area contributed by atoms with E-state index in [1.54, 1.807) is 13.0 Å². The molecule has 1 aromatic heterocycles. The first-order valence-electron chi connectivity index (χ1n) is 7.05. The molecule has 0 bridgehead atoms. The summed E-state index contributed by atoms with van der Waals surface area (Å²) in [5, 5.41) is 6.07. The number of carbonyl (C=O) groups is 1. The maximum atomic E-state index is 12.0. The first-order valence-corrected chi connectivity index (χ1v) is 7.05. The van der Waals surface area contributed by atoms with Gasteiger partial charge in [-0.1, -0.05) is 13.3 Å². The van der Waals surface area contributed by atoms with Gasteiger partial charge in [0.1, 0.15) is 17.3 Å². The van der Waals surface area contributed by atoms with Gasteiger partial charge in [-0.3, -0.25) is 4.79 Å². The molecule has 1 amide bonds. The summed E-state index contributed by atoms with van der Waals surface area (Å²) in [6, 6.07) is 1.70. The Kier molecular flexibility index (Phi) is 6.93. The van der Waals surface area contributed by atoms with E-state index in [0.717, 1.165) is 25.9 Å². The topological polar surface area (TPSA) is 70.2 Å². The molecule has 1 heterocycles. The summed E-state index contributed by atoms with van der Waals surface area (Å²) in [7, 11) is 3.94. The molecule has 0 fully saturated rings. The summed E-state index contributed by atoms with van der Waals surface area (Å²) in [5.41, 5.74) is 0.412. The molecule has 2 N–H and O–H groups in total. The summed E-state index contributed by atoms with van der Waals surface area (Å²) < 4.78 is 0. The van der Waals surface area contributed by atoms with Crippen LogP contribution in [0.3, 0.4) is 0 Å². The van der Waals surface area contributed by atoms with Crippen molar-refractivity contribution >= 4 is 11.7 Å². The number of nitrogens with one attached hydrogen (secondary N) is 2. The number of likely N-dealkylation sites (N-methyl/N-ethyl adjacent to an activating group) is 1. The molecule has 112 valence electrons. The summed E-state index contributed by atoms with van der Waals surface area (Å²) in [6.45, 7) is 6.19. The fraction of sp³-hybridized carbons (Fsp3) is 0.643. The third-order valence-corrected chi connectivity index (χ3v) is 2.75. The van der Waals surface area contributed by atoms with Gasteiger partial charge in [0, 0.05) is 25.7 Å². The molecule has 0 atom stereocenters. The highest BCUT2D eigenvalue weighted by Gasteiger charge is 2.09. The lowest BCUT2D eigenvalue weighted by Crippen LogP contribution is -2.32. The van der Waals surface area contributed by atoms with E-state index in [4.69, 9.17) is 0 Å². The number of carbonyl (C=O) groups excluding carboxylic acids is 1. The summed E-state index contributed by atoms with van der Waals surface area (Å²) in [4.78, 5) is 22.5. The van der Waals surface area contributed by atoms with Gasteiger partial charge < -0.3 is 15.5 Å². The maximum absolute atomic E-state index is 12.0. The third kappa shape index (κ3) is 5.97. The van der Waals surface area contributed by atoms with Crippen molar-refractivity contribution < 1.29 is 4.79 Å². The van der Waals surface area contributed by atoms with Crippen LogP contribution >= 0.6 is 0 Å². The second-order valence-electron chi connectivity index (χ2n) is 5.03. The monoisotopic (exact) mass is 279 g/mol. The van der Waals surface area contributed by atoms with Gasteiger partial charge in [0.2, 0.25) is 0 Å². The molecule has 0 saturated heterocycles. The second kappa shape index (κ2) is 8.47. The molecule has 0 unspecified atom stereocenters. The number of hydrogen-bond acceptors (Lipinski definition) is 5. The maximum Gasteiger partial charge on any atom is 0.270 e. The van der Waals surface area contributed by atoms with Crippen LogP contribution < -0.4 is 10.6 Å². The third-order valence-electron chi connectivity index (χ3n) is 2.75. The van der Waals surface area contributed by atoms with Crippen molar-refractivity contribution in [3.8, 4) is 0 Å². The van der Waals surface area contributed by atoms with Crippen LogP contribution in [-0.2, 0) is 0 Å². The minimum Gasteiger partial charge on any atom is -0.370 e. The molecule has 1 rings (SSSR count). The van der Waals surface area contributed by atoms with Crippen LogP contribution in [0.2, 0.25) is 0 Å². The van der Waals surface area contributed by atoms with Crippen LogP contribution in [0.15, 0.2) is 6.07 Å². The molecular formula is C14H25N5O. The first kappa shape index (κ1) is 16.4. The average Bonchev–Trinajstić information content (AvgIpc) is 2.38. The van der Waals surface area contributed by atoms with Crippen LogP contribution in [0, 0.1) is 6.92 Å². The predicted octanol–water partition coefficient (Wildman–Crippen LogP) is 1.29. The van der Waals surface area contributed by atoms with E-state index in [9.17, 15) is 4.79 Å². The Morgan fingerprint density at radius 2 is 2.05 bits per heavy atom. The van der Waals surface area contributed by atoms with E-state index in [1.807, 2.05) is 19.0 Å². The molecule has 0 aliphatic rings. The summed E-state index contributed by atoms with van der Waals surface area (Å²) in [5.74, 6) is 1.16. The van der Waals surface area contributed by atoms with Crippen LogP contribution in [0.4, 0.5) is 5.82 Å². The summed E-state index contributed by atoms with van der Waals surface area (Å²) >= 11 is 0. The Morgan fingerprint density at radius 3 is 2.70 bits per heavy atom. The van der Waals surface area contributed by atoms with Gasteiger partial charge in [0.05, 0.1) is 0 Å². The highest BCUT2D eigenvalue weighted by molar-refractivity contribution is 5.92. The Labute approximate surface area is 121 Å². The number of aryl methyl sites for hydroxylation is 1. The van der Waals surface area contributed by atoms with Crippen LogP contribution in [-0.4, -0.2) is 54.5 Å². The largest absolute Gasteiger partial charge is 0.370 e. The van der Waals surface area contributed by atoms with E-state index < -0.39 is 0 Å². The Balaban J connectivity index is 2.61. The molecular weight excluding hydrogens is 254 g/mol. The quantitative estimate of drug-likeness (QED) is 0.702. The van der Waals surface area contributed by atoms with E-state index >= 15 is 0 Å². The van der Waals surface area contributed by atoms with E-state index in [1.165, 1.54) is 0 Å². The van der Waals surface area contributed by atoms with Crippen molar-refractivity contribution in [3.05, 3.63) is 17.6 Å². The zero-order valence-corrected chi connectivity index (χ0v) is 12.9. The van der Waals surface area contributed by atoms with E-state index in [-0.39, 0.29) is 5.91 Å². The number of aromatic nitrogens is 2. The number of hydrogen-bond donors (Lipinski definition) is 2. The SMILES string of the molecule is CCCCNc1cc(C(=O)NCCN(C)C)nc(C)n1. The molecule has 20 heavy (non-hydrogen) atoms. The highest BCUT2D eigenvalue weighted by atomic mass is 16.1. The van der Waals surface area contributed by atoms with Gasteiger partial charge in [-0.2, -0.15) is 0 Å². The number of amides is 1. The van der Waals surface area contributed by atoms with E-state index in [0.29, 0.717) is 23.9 Å². The number of rotatable bonds is 8. The lowest BCUT2D eigenvalue weighted by atomic mass is 10.3. The Hall–Kier alpha value is -1.69. The predicted molar refractivity (Wildman–Crippen MR) is 81.1 cm³/mol. The first-order chi connectivity index (χ1) is 9.52. The summed E-state index contributed by atoms with van der Waals surface area (Å²) in [6.07, 6.45) is 2.20. The fourth-order valence-corrected chi connectivity index (χ4v) is 1.65. The van der Waals surface area contributed by atoms with Gasteiger partial charge in [0.15, 0.2) is 0 Å². The molecule has 0 aliphatic carbocycles. The zero-order chi connectivity index (χ0) is 15.0.